The number of ether oxygens (including phenoxy) is 2. The number of carbonyl (C=O) groups is 1. The third-order valence-corrected chi connectivity index (χ3v) is 7.09. The summed E-state index contributed by atoms with van der Waals surface area (Å²) in [5.74, 6) is 0.410. The summed E-state index contributed by atoms with van der Waals surface area (Å²) in [6.07, 6.45) is 1.09. The molecule has 0 aliphatic carbocycles. The minimum atomic E-state index is -3.46. The highest BCUT2D eigenvalue weighted by atomic mass is 32.2. The van der Waals surface area contributed by atoms with Crippen molar-refractivity contribution in [2.75, 3.05) is 71.3 Å². The van der Waals surface area contributed by atoms with Crippen molar-refractivity contribution in [3.63, 3.8) is 0 Å². The number of carbonyl (C=O) groups excluding carboxylic acids is 1. The van der Waals surface area contributed by atoms with E-state index in [9.17, 15) is 13.2 Å². The minimum Gasteiger partial charge on any atom is -0.497 e. The lowest BCUT2D eigenvalue weighted by Crippen LogP contribution is -2.46. The number of fused-ring (bicyclic) bond motifs is 1. The molecular weight excluding hydrogens is 416 g/mol. The SMILES string of the molecule is COc1ccc2nc(N(CCN3CCOCC3)C(=O)CN(C)S(C)(=O)=O)sc2c1. The summed E-state index contributed by atoms with van der Waals surface area (Å²) >= 11 is 1.39. The maximum atomic E-state index is 13.0. The first-order valence-electron chi connectivity index (χ1n) is 9.24. The molecule has 1 aromatic carbocycles. The molecule has 2 aromatic rings. The predicted octanol–water partition coefficient (Wildman–Crippen LogP) is 0.862. The van der Waals surface area contributed by atoms with Gasteiger partial charge in [-0.05, 0) is 18.2 Å². The number of nitrogens with zero attached hydrogens (tertiary/aromatic N) is 4. The largest absolute Gasteiger partial charge is 0.497 e. The van der Waals surface area contributed by atoms with Gasteiger partial charge in [-0.1, -0.05) is 11.3 Å². The molecule has 1 fully saturated rings. The number of hydrogen-bond acceptors (Lipinski definition) is 8. The number of aromatic nitrogens is 1. The van der Waals surface area contributed by atoms with Crippen molar-refractivity contribution in [1.29, 1.82) is 0 Å². The first-order chi connectivity index (χ1) is 13.8. The van der Waals surface area contributed by atoms with Crippen LogP contribution < -0.4 is 9.64 Å². The molecule has 2 heterocycles. The van der Waals surface area contributed by atoms with Gasteiger partial charge >= 0.3 is 0 Å². The molecular formula is C18H26N4O5S2. The van der Waals surface area contributed by atoms with Gasteiger partial charge in [-0.3, -0.25) is 14.6 Å². The Labute approximate surface area is 174 Å². The molecule has 0 unspecified atom stereocenters. The standard InChI is InChI=1S/C18H26N4O5S2/c1-20(29(3,24)25)13-17(23)22(7-6-21-8-10-27-11-9-21)18-19-15-5-4-14(26-2)12-16(15)28-18/h4-5,12H,6-11,13H2,1-3H3. The van der Waals surface area contributed by atoms with Gasteiger partial charge in [0.1, 0.15) is 5.75 Å². The number of rotatable bonds is 8. The predicted molar refractivity (Wildman–Crippen MR) is 113 cm³/mol. The molecule has 160 valence electrons. The van der Waals surface area contributed by atoms with Crippen LogP contribution in [0.15, 0.2) is 18.2 Å². The Balaban J connectivity index is 1.83. The topological polar surface area (TPSA) is 92.3 Å². The Hall–Kier alpha value is -1.79. The molecule has 11 heteroatoms. The van der Waals surface area contributed by atoms with Gasteiger partial charge in [-0.15, -0.1) is 0 Å². The van der Waals surface area contributed by atoms with Gasteiger partial charge < -0.3 is 9.47 Å². The number of amides is 1. The summed E-state index contributed by atoms with van der Waals surface area (Å²) in [7, 11) is -0.458. The highest BCUT2D eigenvalue weighted by Crippen LogP contribution is 2.31. The Kier molecular flexibility index (Phi) is 7.06. The number of hydrogen-bond donors (Lipinski definition) is 0. The lowest BCUT2D eigenvalue weighted by atomic mass is 10.3. The number of anilines is 1. The molecule has 0 radical (unpaired) electrons. The van der Waals surface area contributed by atoms with E-state index in [4.69, 9.17) is 9.47 Å². The molecule has 29 heavy (non-hydrogen) atoms. The Bertz CT molecular complexity index is 956. The molecule has 1 saturated heterocycles. The Morgan fingerprint density at radius 1 is 1.34 bits per heavy atom. The number of morpholine rings is 1. The third-order valence-electron chi connectivity index (χ3n) is 4.78. The van der Waals surface area contributed by atoms with Crippen molar-refractivity contribution < 1.29 is 22.7 Å². The monoisotopic (exact) mass is 442 g/mol. The summed E-state index contributed by atoms with van der Waals surface area (Å²) < 4.78 is 36.1. The molecule has 0 N–H and O–H groups in total. The van der Waals surface area contributed by atoms with E-state index in [1.54, 1.807) is 12.0 Å². The quantitative estimate of drug-likeness (QED) is 0.599. The van der Waals surface area contributed by atoms with Crippen LogP contribution in [0.2, 0.25) is 0 Å². The maximum absolute atomic E-state index is 13.0. The molecule has 0 saturated carbocycles. The van der Waals surface area contributed by atoms with Gasteiger partial charge in [0.05, 0.1) is 43.3 Å². The van der Waals surface area contributed by atoms with Crippen LogP contribution in [-0.2, 0) is 19.6 Å². The molecule has 0 atom stereocenters. The fraction of sp³-hybridized carbons (Fsp3) is 0.556. The highest BCUT2D eigenvalue weighted by Gasteiger charge is 2.25. The zero-order valence-corrected chi connectivity index (χ0v) is 18.5. The molecule has 0 bridgehead atoms. The average Bonchev–Trinajstić information content (AvgIpc) is 3.10. The second-order valence-electron chi connectivity index (χ2n) is 6.85. The first kappa shape index (κ1) is 21.9. The molecule has 1 aliphatic heterocycles. The summed E-state index contributed by atoms with van der Waals surface area (Å²) in [5.41, 5.74) is 0.770. The van der Waals surface area contributed by atoms with Crippen molar-refractivity contribution in [3.05, 3.63) is 18.2 Å². The lowest BCUT2D eigenvalue weighted by molar-refractivity contribution is -0.118. The maximum Gasteiger partial charge on any atom is 0.244 e. The number of likely N-dealkylation sites (N-methyl/N-ethyl adjacent to an activating group) is 1. The molecule has 1 aliphatic rings. The van der Waals surface area contributed by atoms with Crippen LogP contribution in [-0.4, -0.2) is 94.9 Å². The third kappa shape index (κ3) is 5.64. The minimum absolute atomic E-state index is 0.235. The van der Waals surface area contributed by atoms with Gasteiger partial charge in [0.15, 0.2) is 5.13 Å². The molecule has 1 aromatic heterocycles. The van der Waals surface area contributed by atoms with Gasteiger partial charge in [-0.2, -0.15) is 4.31 Å². The van der Waals surface area contributed by atoms with Gasteiger partial charge in [-0.25, -0.2) is 13.4 Å². The van der Waals surface area contributed by atoms with E-state index < -0.39 is 10.0 Å². The van der Waals surface area contributed by atoms with E-state index in [-0.39, 0.29) is 12.5 Å². The number of benzene rings is 1. The van der Waals surface area contributed by atoms with Gasteiger partial charge in [0, 0.05) is 33.2 Å². The van der Waals surface area contributed by atoms with E-state index in [1.807, 2.05) is 18.2 Å². The van der Waals surface area contributed by atoms with Crippen molar-refractivity contribution in [1.82, 2.24) is 14.2 Å². The first-order valence-corrected chi connectivity index (χ1v) is 11.9. The van der Waals surface area contributed by atoms with Crippen molar-refractivity contribution in [2.45, 2.75) is 0 Å². The fourth-order valence-electron chi connectivity index (χ4n) is 2.92. The van der Waals surface area contributed by atoms with Crippen LogP contribution in [0.25, 0.3) is 10.2 Å². The molecule has 9 nitrogen and oxygen atoms in total. The van der Waals surface area contributed by atoms with Crippen LogP contribution in [0.1, 0.15) is 0 Å². The van der Waals surface area contributed by atoms with Gasteiger partial charge in [0.2, 0.25) is 15.9 Å². The van der Waals surface area contributed by atoms with Crippen molar-refractivity contribution in [3.8, 4) is 5.75 Å². The lowest BCUT2D eigenvalue weighted by Gasteiger charge is -2.29. The number of methoxy groups -OCH3 is 1. The zero-order valence-electron chi connectivity index (χ0n) is 16.8. The van der Waals surface area contributed by atoms with E-state index >= 15 is 0 Å². The summed E-state index contributed by atoms with van der Waals surface area (Å²) in [5, 5.41) is 0.549. The summed E-state index contributed by atoms with van der Waals surface area (Å²) in [6.45, 7) is 3.81. The zero-order chi connectivity index (χ0) is 21.0. The summed E-state index contributed by atoms with van der Waals surface area (Å²) in [4.78, 5) is 21.4. The van der Waals surface area contributed by atoms with Crippen LogP contribution >= 0.6 is 11.3 Å². The van der Waals surface area contributed by atoms with Gasteiger partial charge in [0.25, 0.3) is 0 Å². The van der Waals surface area contributed by atoms with E-state index in [0.29, 0.717) is 31.4 Å². The molecule has 1 amide bonds. The smallest absolute Gasteiger partial charge is 0.244 e. The average molecular weight is 443 g/mol. The molecule has 3 rings (SSSR count). The van der Waals surface area contributed by atoms with Crippen LogP contribution in [0.4, 0.5) is 5.13 Å². The second-order valence-corrected chi connectivity index (χ2v) is 9.95. The van der Waals surface area contributed by atoms with Crippen LogP contribution in [0.5, 0.6) is 5.75 Å². The number of thiazole rings is 1. The molecule has 0 spiro atoms. The normalized spacial score (nSPS) is 15.7. The van der Waals surface area contributed by atoms with E-state index in [1.165, 1.54) is 18.4 Å². The Morgan fingerprint density at radius 2 is 2.07 bits per heavy atom. The second kappa shape index (κ2) is 9.35. The van der Waals surface area contributed by atoms with Crippen molar-refractivity contribution >= 4 is 42.6 Å². The Morgan fingerprint density at radius 3 is 2.72 bits per heavy atom. The van der Waals surface area contributed by atoms with Crippen molar-refractivity contribution in [2.24, 2.45) is 0 Å². The fourth-order valence-corrected chi connectivity index (χ4v) is 4.30. The highest BCUT2D eigenvalue weighted by molar-refractivity contribution is 7.88. The number of sulfonamides is 1. The van der Waals surface area contributed by atoms with Crippen LogP contribution in [0.3, 0.4) is 0 Å². The van der Waals surface area contributed by atoms with Crippen LogP contribution in [0, 0.1) is 0 Å². The van der Waals surface area contributed by atoms with E-state index in [2.05, 4.69) is 9.88 Å². The van der Waals surface area contributed by atoms with E-state index in [0.717, 1.165) is 39.6 Å². The summed E-state index contributed by atoms with van der Waals surface area (Å²) in [6, 6.07) is 5.55.